The van der Waals surface area contributed by atoms with E-state index in [1.54, 1.807) is 41.9 Å². The van der Waals surface area contributed by atoms with Crippen LogP contribution in [0.5, 0.6) is 0 Å². The number of hydrogen-bond acceptors (Lipinski definition) is 3. The Balaban J connectivity index is 1.80. The molecule has 0 saturated heterocycles. The van der Waals surface area contributed by atoms with Gasteiger partial charge in [0, 0.05) is 28.6 Å². The summed E-state index contributed by atoms with van der Waals surface area (Å²) in [4.78, 5) is 27.0. The van der Waals surface area contributed by atoms with Crippen LogP contribution in [0.15, 0.2) is 54.6 Å². The SMILES string of the molecule is CCN(CC(=O)Nc1cc(C(C)(C)C)nn1-c1ccc(Cl)cc1)C(=O)c1ccc(C(F)(F)F)cc1. The molecule has 0 fully saturated rings. The Morgan fingerprint density at radius 2 is 1.63 bits per heavy atom. The minimum Gasteiger partial charge on any atom is -0.330 e. The lowest BCUT2D eigenvalue weighted by Gasteiger charge is -2.21. The lowest BCUT2D eigenvalue weighted by atomic mass is 9.92. The number of aromatic nitrogens is 2. The zero-order valence-electron chi connectivity index (χ0n) is 19.8. The second-order valence-corrected chi connectivity index (χ2v) is 9.43. The maximum Gasteiger partial charge on any atom is 0.416 e. The second-order valence-electron chi connectivity index (χ2n) is 9.00. The summed E-state index contributed by atoms with van der Waals surface area (Å²) in [6.07, 6.45) is -4.50. The fourth-order valence-electron chi connectivity index (χ4n) is 3.28. The molecule has 3 rings (SSSR count). The van der Waals surface area contributed by atoms with Crippen molar-refractivity contribution in [3.63, 3.8) is 0 Å². The van der Waals surface area contributed by atoms with E-state index in [2.05, 4.69) is 10.4 Å². The third-order valence-electron chi connectivity index (χ3n) is 5.28. The topological polar surface area (TPSA) is 67.2 Å². The Morgan fingerprint density at radius 1 is 1.03 bits per heavy atom. The standard InChI is InChI=1S/C25H26ClF3N4O2/c1-5-32(23(35)16-6-8-17(9-7-16)25(27,28)29)15-22(34)30-21-14-20(24(2,3)4)31-33(21)19-12-10-18(26)11-13-19/h6-14H,5,15H2,1-4H3,(H,30,34). The van der Waals surface area contributed by atoms with Crippen LogP contribution in [0, 0.1) is 0 Å². The number of nitrogens with zero attached hydrogens (tertiary/aromatic N) is 3. The molecular weight excluding hydrogens is 481 g/mol. The highest BCUT2D eigenvalue weighted by atomic mass is 35.5. The first kappa shape index (κ1) is 26.3. The number of likely N-dealkylation sites (N-methyl/N-ethyl adjacent to an activating group) is 1. The number of benzene rings is 2. The highest BCUT2D eigenvalue weighted by molar-refractivity contribution is 6.30. The monoisotopic (exact) mass is 506 g/mol. The van der Waals surface area contributed by atoms with Gasteiger partial charge in [-0.05, 0) is 55.5 Å². The number of alkyl halides is 3. The van der Waals surface area contributed by atoms with Gasteiger partial charge in [-0.1, -0.05) is 32.4 Å². The summed E-state index contributed by atoms with van der Waals surface area (Å²) in [6.45, 7) is 7.58. The number of halogens is 4. The molecule has 35 heavy (non-hydrogen) atoms. The van der Waals surface area contributed by atoms with Gasteiger partial charge >= 0.3 is 6.18 Å². The van der Waals surface area contributed by atoms with Crippen LogP contribution in [0.2, 0.25) is 5.02 Å². The molecule has 0 aliphatic rings. The summed E-state index contributed by atoms with van der Waals surface area (Å²) in [5.41, 5.74) is 0.364. The fourth-order valence-corrected chi connectivity index (χ4v) is 3.41. The van der Waals surface area contributed by atoms with Crippen LogP contribution in [-0.2, 0) is 16.4 Å². The molecule has 1 heterocycles. The molecule has 2 aromatic carbocycles. The van der Waals surface area contributed by atoms with E-state index in [-0.39, 0.29) is 24.1 Å². The van der Waals surface area contributed by atoms with E-state index in [1.807, 2.05) is 20.8 Å². The van der Waals surface area contributed by atoms with Crippen molar-refractivity contribution in [3.8, 4) is 5.69 Å². The average Bonchev–Trinajstić information content (AvgIpc) is 3.21. The van der Waals surface area contributed by atoms with Gasteiger partial charge in [0.1, 0.15) is 12.4 Å². The summed E-state index contributed by atoms with van der Waals surface area (Å²) in [6, 6.07) is 12.6. The third-order valence-corrected chi connectivity index (χ3v) is 5.53. The number of anilines is 1. The molecule has 0 aliphatic heterocycles. The Hall–Kier alpha value is -3.33. The molecule has 0 aliphatic carbocycles. The highest BCUT2D eigenvalue weighted by Crippen LogP contribution is 2.29. The number of rotatable bonds is 6. The molecule has 3 aromatic rings. The van der Waals surface area contributed by atoms with Gasteiger partial charge in [0.25, 0.3) is 5.91 Å². The van der Waals surface area contributed by atoms with E-state index in [9.17, 15) is 22.8 Å². The smallest absolute Gasteiger partial charge is 0.330 e. The summed E-state index contributed by atoms with van der Waals surface area (Å²) < 4.78 is 40.0. The van der Waals surface area contributed by atoms with Crippen LogP contribution in [-0.4, -0.2) is 39.6 Å². The van der Waals surface area contributed by atoms with E-state index < -0.39 is 23.6 Å². The molecule has 0 bridgehead atoms. The van der Waals surface area contributed by atoms with Crippen LogP contribution in [0.25, 0.3) is 5.69 Å². The zero-order chi connectivity index (χ0) is 26.0. The third kappa shape index (κ3) is 6.42. The van der Waals surface area contributed by atoms with Gasteiger partial charge in [-0.25, -0.2) is 4.68 Å². The number of carbonyl (C=O) groups excluding carboxylic acids is 2. The van der Waals surface area contributed by atoms with Crippen LogP contribution in [0.3, 0.4) is 0 Å². The van der Waals surface area contributed by atoms with Crippen molar-refractivity contribution in [1.29, 1.82) is 0 Å². The highest BCUT2D eigenvalue weighted by Gasteiger charge is 2.30. The normalized spacial score (nSPS) is 11.9. The van der Waals surface area contributed by atoms with E-state index in [4.69, 9.17) is 11.6 Å². The molecule has 0 saturated carbocycles. The summed E-state index contributed by atoms with van der Waals surface area (Å²) in [7, 11) is 0. The minimum absolute atomic E-state index is 0.0638. The molecular formula is C25H26ClF3N4O2. The molecule has 1 aromatic heterocycles. The van der Waals surface area contributed by atoms with Gasteiger partial charge in [0.05, 0.1) is 16.9 Å². The van der Waals surface area contributed by atoms with Crippen LogP contribution in [0.4, 0.5) is 19.0 Å². The van der Waals surface area contributed by atoms with Gasteiger partial charge in [0.15, 0.2) is 0 Å². The van der Waals surface area contributed by atoms with E-state index >= 15 is 0 Å². The molecule has 186 valence electrons. The van der Waals surface area contributed by atoms with E-state index in [0.29, 0.717) is 16.5 Å². The van der Waals surface area contributed by atoms with Crippen molar-refractivity contribution >= 4 is 29.2 Å². The first-order chi connectivity index (χ1) is 16.3. The van der Waals surface area contributed by atoms with Crippen molar-refractivity contribution in [2.24, 2.45) is 0 Å². The zero-order valence-corrected chi connectivity index (χ0v) is 20.5. The summed E-state index contributed by atoms with van der Waals surface area (Å²) in [5.74, 6) is -0.596. The number of nitrogens with one attached hydrogen (secondary N) is 1. The van der Waals surface area contributed by atoms with Crippen LogP contribution >= 0.6 is 11.6 Å². The van der Waals surface area contributed by atoms with Gasteiger partial charge in [-0.3, -0.25) is 9.59 Å². The molecule has 0 radical (unpaired) electrons. The number of amides is 2. The first-order valence-corrected chi connectivity index (χ1v) is 11.3. The predicted octanol–water partition coefficient (Wildman–Crippen LogP) is 5.94. The van der Waals surface area contributed by atoms with Crippen molar-refractivity contribution in [2.45, 2.75) is 39.3 Å². The van der Waals surface area contributed by atoms with E-state index in [1.165, 1.54) is 4.90 Å². The van der Waals surface area contributed by atoms with E-state index in [0.717, 1.165) is 30.0 Å². The minimum atomic E-state index is -4.50. The molecule has 0 atom stereocenters. The van der Waals surface area contributed by atoms with Gasteiger partial charge in [0.2, 0.25) is 5.91 Å². The first-order valence-electron chi connectivity index (χ1n) is 10.9. The van der Waals surface area contributed by atoms with Crippen molar-refractivity contribution < 1.29 is 22.8 Å². The van der Waals surface area contributed by atoms with Crippen molar-refractivity contribution in [1.82, 2.24) is 14.7 Å². The Kier molecular flexibility index (Phi) is 7.59. The lowest BCUT2D eigenvalue weighted by Crippen LogP contribution is -2.38. The van der Waals surface area contributed by atoms with Crippen LogP contribution < -0.4 is 5.32 Å². The fraction of sp³-hybridized carbons (Fsp3) is 0.320. The Bertz CT molecular complexity index is 1200. The molecule has 0 unspecified atom stereocenters. The maximum absolute atomic E-state index is 12.9. The summed E-state index contributed by atoms with van der Waals surface area (Å²) >= 11 is 5.99. The molecule has 1 N–H and O–H groups in total. The van der Waals surface area contributed by atoms with Crippen molar-refractivity contribution in [2.75, 3.05) is 18.4 Å². The quantitative estimate of drug-likeness (QED) is 0.449. The average molecular weight is 507 g/mol. The molecule has 0 spiro atoms. The van der Waals surface area contributed by atoms with Crippen LogP contribution in [0.1, 0.15) is 49.3 Å². The number of hydrogen-bond donors (Lipinski definition) is 1. The van der Waals surface area contributed by atoms with Gasteiger partial charge < -0.3 is 10.2 Å². The molecule has 2 amide bonds. The van der Waals surface area contributed by atoms with Gasteiger partial charge in [-0.15, -0.1) is 0 Å². The van der Waals surface area contributed by atoms with Crippen molar-refractivity contribution in [3.05, 3.63) is 76.4 Å². The molecule has 6 nitrogen and oxygen atoms in total. The number of carbonyl (C=O) groups is 2. The Morgan fingerprint density at radius 3 is 2.14 bits per heavy atom. The largest absolute Gasteiger partial charge is 0.416 e. The lowest BCUT2D eigenvalue weighted by molar-refractivity contribution is -0.137. The Labute approximate surface area is 206 Å². The van der Waals surface area contributed by atoms with Gasteiger partial charge in [-0.2, -0.15) is 18.3 Å². The summed E-state index contributed by atoms with van der Waals surface area (Å²) in [5, 5.41) is 7.99. The predicted molar refractivity (Wildman–Crippen MR) is 129 cm³/mol. The molecule has 10 heteroatoms. The maximum atomic E-state index is 12.9. The second kappa shape index (κ2) is 10.1.